The Hall–Kier alpha value is -1.49. The number of rotatable bonds is 2. The van der Waals surface area contributed by atoms with Crippen LogP contribution >= 0.6 is 11.6 Å². The van der Waals surface area contributed by atoms with Crippen LogP contribution in [0.25, 0.3) is 11.2 Å². The first-order valence-electron chi connectivity index (χ1n) is 3.63. The van der Waals surface area contributed by atoms with Crippen LogP contribution in [0.4, 0.5) is 0 Å². The average molecular weight is 196 g/mol. The van der Waals surface area contributed by atoms with E-state index in [1.54, 1.807) is 10.8 Å². The predicted molar refractivity (Wildman–Crippen MR) is 48.3 cm³/mol. The molecule has 0 aromatic carbocycles. The monoisotopic (exact) mass is 195 g/mol. The quantitative estimate of drug-likeness (QED) is 0.531. The molecule has 0 fully saturated rings. The molecule has 2 rings (SSSR count). The van der Waals surface area contributed by atoms with Crippen molar-refractivity contribution in [2.75, 3.05) is 0 Å². The van der Waals surface area contributed by atoms with Crippen molar-refractivity contribution in [3.05, 3.63) is 24.1 Å². The summed E-state index contributed by atoms with van der Waals surface area (Å²) in [5, 5.41) is 8.02. The Kier molecular flexibility index (Phi) is 1.94. The van der Waals surface area contributed by atoms with Gasteiger partial charge in [0.2, 0.25) is 0 Å². The van der Waals surface area contributed by atoms with Crippen molar-refractivity contribution in [3.63, 3.8) is 0 Å². The number of nitrogens with zero attached hydrogens (tertiary/aromatic N) is 5. The van der Waals surface area contributed by atoms with E-state index < -0.39 is 0 Å². The van der Waals surface area contributed by atoms with Gasteiger partial charge in [0.15, 0.2) is 16.3 Å². The molecule has 0 amide bonds. The van der Waals surface area contributed by atoms with Crippen LogP contribution < -0.4 is 0 Å². The first-order chi connectivity index (χ1) is 6.33. The normalized spacial score (nSPS) is 10.5. The minimum atomic E-state index is 0.320. The van der Waals surface area contributed by atoms with Crippen LogP contribution in [0.2, 0.25) is 5.15 Å². The molecule has 0 unspecified atom stereocenters. The summed E-state index contributed by atoms with van der Waals surface area (Å²) in [6.07, 6.45) is 3.09. The zero-order valence-electron chi connectivity index (χ0n) is 6.68. The molecule has 2 aromatic rings. The maximum absolute atomic E-state index is 5.78. The summed E-state index contributed by atoms with van der Waals surface area (Å²) >= 11 is 5.78. The van der Waals surface area contributed by atoms with Gasteiger partial charge in [-0.15, -0.1) is 11.7 Å². The topological polar surface area (TPSA) is 56.5 Å². The summed E-state index contributed by atoms with van der Waals surface area (Å²) in [6, 6.07) is 0. The van der Waals surface area contributed by atoms with Gasteiger partial charge in [0.05, 0.1) is 6.54 Å². The Morgan fingerprint density at radius 2 is 2.38 bits per heavy atom. The van der Waals surface area contributed by atoms with E-state index in [-0.39, 0.29) is 0 Å². The standard InChI is InChI=1S/C7H6ClN5/c1-2-3-13-7-5(11-12-13)6(8)9-4-10-7/h2,4H,1,3H2. The van der Waals surface area contributed by atoms with Gasteiger partial charge in [-0.3, -0.25) is 0 Å². The lowest BCUT2D eigenvalue weighted by Crippen LogP contribution is -1.98. The maximum Gasteiger partial charge on any atom is 0.183 e. The zero-order chi connectivity index (χ0) is 9.26. The van der Waals surface area contributed by atoms with Gasteiger partial charge < -0.3 is 0 Å². The van der Waals surface area contributed by atoms with Crippen molar-refractivity contribution in [2.45, 2.75) is 6.54 Å². The molecule has 2 heterocycles. The molecule has 66 valence electrons. The lowest BCUT2D eigenvalue weighted by atomic mass is 10.5. The lowest BCUT2D eigenvalue weighted by Gasteiger charge is -1.94. The van der Waals surface area contributed by atoms with Gasteiger partial charge in [-0.05, 0) is 0 Å². The highest BCUT2D eigenvalue weighted by atomic mass is 35.5. The summed E-state index contributed by atoms with van der Waals surface area (Å²) in [4.78, 5) is 7.81. The van der Waals surface area contributed by atoms with Crippen molar-refractivity contribution < 1.29 is 0 Å². The fourth-order valence-electron chi connectivity index (χ4n) is 1.01. The van der Waals surface area contributed by atoms with E-state index in [4.69, 9.17) is 11.6 Å². The second-order valence-corrected chi connectivity index (χ2v) is 2.75. The number of allylic oxidation sites excluding steroid dienone is 1. The molecule has 0 N–H and O–H groups in total. The molecule has 0 bridgehead atoms. The number of fused-ring (bicyclic) bond motifs is 1. The fraction of sp³-hybridized carbons (Fsp3) is 0.143. The van der Waals surface area contributed by atoms with E-state index in [0.717, 1.165) is 0 Å². The molecule has 13 heavy (non-hydrogen) atoms. The molecular weight excluding hydrogens is 190 g/mol. The summed E-state index contributed by atoms with van der Waals surface area (Å²) < 4.78 is 1.61. The van der Waals surface area contributed by atoms with E-state index >= 15 is 0 Å². The molecule has 0 atom stereocenters. The molecule has 6 heteroatoms. The van der Waals surface area contributed by atoms with Crippen molar-refractivity contribution >= 4 is 22.8 Å². The van der Waals surface area contributed by atoms with Crippen molar-refractivity contribution in [2.24, 2.45) is 0 Å². The van der Waals surface area contributed by atoms with E-state index in [1.165, 1.54) is 6.33 Å². The largest absolute Gasteiger partial charge is 0.223 e. The highest BCUT2D eigenvalue weighted by Crippen LogP contribution is 2.14. The third kappa shape index (κ3) is 1.27. The molecule has 0 aliphatic carbocycles. The molecule has 0 aliphatic heterocycles. The summed E-state index contributed by atoms with van der Waals surface area (Å²) in [5.74, 6) is 0. The SMILES string of the molecule is C=CCn1nnc2c(Cl)ncnc21. The molecule has 0 spiro atoms. The van der Waals surface area contributed by atoms with Crippen LogP contribution in [0.5, 0.6) is 0 Å². The minimum Gasteiger partial charge on any atom is -0.223 e. The van der Waals surface area contributed by atoms with Crippen LogP contribution in [0.3, 0.4) is 0 Å². The second-order valence-electron chi connectivity index (χ2n) is 2.40. The number of aromatic nitrogens is 5. The Balaban J connectivity index is 2.67. The lowest BCUT2D eigenvalue weighted by molar-refractivity contribution is 0.677. The first-order valence-corrected chi connectivity index (χ1v) is 4.01. The van der Waals surface area contributed by atoms with Crippen LogP contribution in [0.15, 0.2) is 19.0 Å². The van der Waals surface area contributed by atoms with Gasteiger partial charge in [0.1, 0.15) is 6.33 Å². The van der Waals surface area contributed by atoms with E-state index in [1.807, 2.05) is 0 Å². The Labute approximate surface area is 79.1 Å². The van der Waals surface area contributed by atoms with Crippen LogP contribution in [0.1, 0.15) is 0 Å². The van der Waals surface area contributed by atoms with Crippen LogP contribution in [-0.4, -0.2) is 25.0 Å². The third-order valence-corrected chi connectivity index (χ3v) is 1.83. The van der Waals surface area contributed by atoms with Crippen LogP contribution in [-0.2, 0) is 6.54 Å². The van der Waals surface area contributed by atoms with E-state index in [2.05, 4.69) is 26.9 Å². The smallest absolute Gasteiger partial charge is 0.183 e. The number of halogens is 1. The molecular formula is C7H6ClN5. The van der Waals surface area contributed by atoms with Gasteiger partial charge in [-0.25, -0.2) is 14.6 Å². The number of hydrogen-bond acceptors (Lipinski definition) is 4. The molecule has 0 saturated heterocycles. The molecule has 0 saturated carbocycles. The summed E-state index contributed by atoms with van der Waals surface area (Å²) in [6.45, 7) is 4.16. The molecule has 5 nitrogen and oxygen atoms in total. The Morgan fingerprint density at radius 3 is 3.15 bits per heavy atom. The molecule has 2 aromatic heterocycles. The number of hydrogen-bond donors (Lipinski definition) is 0. The average Bonchev–Trinajstić information content (AvgIpc) is 2.51. The van der Waals surface area contributed by atoms with Crippen LogP contribution in [0, 0.1) is 0 Å². The first kappa shape index (κ1) is 8.12. The van der Waals surface area contributed by atoms with Gasteiger partial charge in [0.25, 0.3) is 0 Å². The summed E-state index contributed by atoms with van der Waals surface area (Å²) in [7, 11) is 0. The Morgan fingerprint density at radius 1 is 1.54 bits per heavy atom. The molecule has 0 radical (unpaired) electrons. The molecule has 0 aliphatic rings. The van der Waals surface area contributed by atoms with Crippen molar-refractivity contribution in [1.29, 1.82) is 0 Å². The Bertz CT molecular complexity index is 449. The van der Waals surface area contributed by atoms with Gasteiger partial charge in [-0.2, -0.15) is 0 Å². The maximum atomic E-state index is 5.78. The fourth-order valence-corrected chi connectivity index (χ4v) is 1.18. The zero-order valence-corrected chi connectivity index (χ0v) is 7.44. The van der Waals surface area contributed by atoms with Gasteiger partial charge >= 0.3 is 0 Å². The van der Waals surface area contributed by atoms with E-state index in [9.17, 15) is 0 Å². The highest BCUT2D eigenvalue weighted by molar-refractivity contribution is 6.33. The predicted octanol–water partition coefficient (Wildman–Crippen LogP) is 1.06. The second kappa shape index (κ2) is 3.10. The van der Waals surface area contributed by atoms with Crippen molar-refractivity contribution in [1.82, 2.24) is 25.0 Å². The van der Waals surface area contributed by atoms with Crippen molar-refractivity contribution in [3.8, 4) is 0 Å². The van der Waals surface area contributed by atoms with E-state index in [0.29, 0.717) is 22.9 Å². The third-order valence-electron chi connectivity index (χ3n) is 1.56. The minimum absolute atomic E-state index is 0.320. The van der Waals surface area contributed by atoms with Gasteiger partial charge in [0, 0.05) is 0 Å². The summed E-state index contributed by atoms with van der Waals surface area (Å²) in [5.41, 5.74) is 1.14. The van der Waals surface area contributed by atoms with Gasteiger partial charge in [-0.1, -0.05) is 22.9 Å². The highest BCUT2D eigenvalue weighted by Gasteiger charge is 2.07.